The van der Waals surface area contributed by atoms with E-state index < -0.39 is 18.3 Å². The Morgan fingerprint density at radius 1 is 1.30 bits per heavy atom. The Balaban J connectivity index is 2.49. The molecule has 1 saturated heterocycles. The van der Waals surface area contributed by atoms with E-state index in [9.17, 15) is 4.79 Å². The number of nitrogens with zero attached hydrogens (tertiary/aromatic N) is 1. The van der Waals surface area contributed by atoms with Crippen LogP contribution in [-0.2, 0) is 0 Å². The van der Waals surface area contributed by atoms with E-state index in [1.54, 1.807) is 0 Å². The average Bonchev–Trinajstić information content (AvgIpc) is 2.13. The van der Waals surface area contributed by atoms with Gasteiger partial charge >= 0.3 is 6.09 Å². The van der Waals surface area contributed by atoms with Gasteiger partial charge in [-0.05, 0) is 0 Å². The monoisotopic (exact) mass is 147 g/mol. The van der Waals surface area contributed by atoms with Crippen LogP contribution >= 0.6 is 0 Å². The molecule has 1 aliphatic heterocycles. The van der Waals surface area contributed by atoms with Crippen LogP contribution in [-0.4, -0.2) is 51.6 Å². The zero-order chi connectivity index (χ0) is 7.72. The summed E-state index contributed by atoms with van der Waals surface area (Å²) < 4.78 is 0. The van der Waals surface area contributed by atoms with E-state index in [2.05, 4.69) is 0 Å². The molecule has 1 amide bonds. The van der Waals surface area contributed by atoms with Crippen LogP contribution in [0.1, 0.15) is 0 Å². The highest BCUT2D eigenvalue weighted by Gasteiger charge is 2.32. The fourth-order valence-corrected chi connectivity index (χ4v) is 0.926. The molecular formula is C5H9NO4. The van der Waals surface area contributed by atoms with Crippen molar-refractivity contribution in [2.45, 2.75) is 12.2 Å². The van der Waals surface area contributed by atoms with E-state index in [0.717, 1.165) is 4.90 Å². The Hall–Kier alpha value is -0.810. The molecule has 0 spiro atoms. The molecule has 0 aliphatic carbocycles. The van der Waals surface area contributed by atoms with Crippen LogP contribution in [0.15, 0.2) is 0 Å². The second kappa shape index (κ2) is 2.43. The Morgan fingerprint density at radius 3 is 1.90 bits per heavy atom. The standard InChI is InChI=1S/C5H9NO4/c7-3-1-6(5(9)10)2-4(3)8/h3-4,7-8H,1-2H2,(H,9,10)/t3-,4-/m1/s1. The summed E-state index contributed by atoms with van der Waals surface area (Å²) in [7, 11) is 0. The molecule has 1 fully saturated rings. The third-order valence-electron chi connectivity index (χ3n) is 1.53. The Kier molecular flexibility index (Phi) is 1.78. The largest absolute Gasteiger partial charge is 0.465 e. The molecule has 3 N–H and O–H groups in total. The van der Waals surface area contributed by atoms with Gasteiger partial charge in [0.1, 0.15) is 0 Å². The predicted octanol–water partition coefficient (Wildman–Crippen LogP) is -1.30. The van der Waals surface area contributed by atoms with Crippen LogP contribution in [0.5, 0.6) is 0 Å². The molecule has 2 atom stereocenters. The lowest BCUT2D eigenvalue weighted by atomic mass is 10.3. The first-order chi connectivity index (χ1) is 4.61. The number of carbonyl (C=O) groups is 1. The minimum atomic E-state index is -1.10. The molecule has 1 rings (SSSR count). The first-order valence-corrected chi connectivity index (χ1v) is 2.95. The summed E-state index contributed by atoms with van der Waals surface area (Å²) in [5.74, 6) is 0. The van der Waals surface area contributed by atoms with Crippen molar-refractivity contribution in [3.63, 3.8) is 0 Å². The molecule has 5 heteroatoms. The van der Waals surface area contributed by atoms with Crippen LogP contribution in [0, 0.1) is 0 Å². The summed E-state index contributed by atoms with van der Waals surface area (Å²) in [5.41, 5.74) is 0. The van der Waals surface area contributed by atoms with Gasteiger partial charge in [0.05, 0.1) is 25.3 Å². The van der Waals surface area contributed by atoms with Gasteiger partial charge in [0.2, 0.25) is 0 Å². The van der Waals surface area contributed by atoms with Gasteiger partial charge < -0.3 is 20.2 Å². The second-order valence-corrected chi connectivity index (χ2v) is 2.32. The average molecular weight is 147 g/mol. The lowest BCUT2D eigenvalue weighted by Gasteiger charge is -2.08. The number of hydrogen-bond donors (Lipinski definition) is 3. The number of rotatable bonds is 0. The van der Waals surface area contributed by atoms with Gasteiger partial charge in [-0.25, -0.2) is 4.79 Å². The summed E-state index contributed by atoms with van der Waals surface area (Å²) in [4.78, 5) is 11.2. The van der Waals surface area contributed by atoms with Crippen molar-refractivity contribution >= 4 is 6.09 Å². The fourth-order valence-electron chi connectivity index (χ4n) is 0.926. The van der Waals surface area contributed by atoms with Gasteiger partial charge in [0, 0.05) is 0 Å². The number of carboxylic acid groups (broad SMARTS) is 1. The van der Waals surface area contributed by atoms with Gasteiger partial charge in [-0.3, -0.25) is 0 Å². The molecule has 58 valence electrons. The molecule has 0 aromatic carbocycles. The normalized spacial score (nSPS) is 32.8. The van der Waals surface area contributed by atoms with Gasteiger partial charge in [0.15, 0.2) is 0 Å². The molecule has 5 nitrogen and oxygen atoms in total. The van der Waals surface area contributed by atoms with Crippen molar-refractivity contribution in [1.82, 2.24) is 4.90 Å². The highest BCUT2D eigenvalue weighted by molar-refractivity contribution is 5.65. The number of hydrogen-bond acceptors (Lipinski definition) is 3. The van der Waals surface area contributed by atoms with Crippen LogP contribution in [0.4, 0.5) is 4.79 Å². The Morgan fingerprint density at radius 2 is 1.70 bits per heavy atom. The van der Waals surface area contributed by atoms with Crippen molar-refractivity contribution in [3.8, 4) is 0 Å². The molecule has 0 aromatic heterocycles. The highest BCUT2D eigenvalue weighted by atomic mass is 16.4. The van der Waals surface area contributed by atoms with Crippen molar-refractivity contribution < 1.29 is 20.1 Å². The van der Waals surface area contributed by atoms with Gasteiger partial charge in [-0.2, -0.15) is 0 Å². The van der Waals surface area contributed by atoms with Crippen molar-refractivity contribution in [3.05, 3.63) is 0 Å². The highest BCUT2D eigenvalue weighted by Crippen LogP contribution is 2.08. The zero-order valence-electron chi connectivity index (χ0n) is 5.27. The van der Waals surface area contributed by atoms with E-state index in [-0.39, 0.29) is 13.1 Å². The third kappa shape index (κ3) is 1.19. The van der Waals surface area contributed by atoms with E-state index in [0.29, 0.717) is 0 Å². The van der Waals surface area contributed by atoms with Gasteiger partial charge in [0.25, 0.3) is 0 Å². The number of aliphatic hydroxyl groups is 2. The van der Waals surface area contributed by atoms with Crippen molar-refractivity contribution in [2.24, 2.45) is 0 Å². The van der Waals surface area contributed by atoms with Crippen molar-refractivity contribution in [2.75, 3.05) is 13.1 Å². The summed E-state index contributed by atoms with van der Waals surface area (Å²) >= 11 is 0. The van der Waals surface area contributed by atoms with E-state index in [1.165, 1.54) is 0 Å². The van der Waals surface area contributed by atoms with Gasteiger partial charge in [-0.15, -0.1) is 0 Å². The second-order valence-electron chi connectivity index (χ2n) is 2.32. The topological polar surface area (TPSA) is 81.0 Å². The maximum atomic E-state index is 10.2. The Bertz CT molecular complexity index is 139. The predicted molar refractivity (Wildman–Crippen MR) is 31.6 cm³/mol. The molecule has 10 heavy (non-hydrogen) atoms. The number of β-amino-alcohol motifs (C(OH)–C–C–N with tert-alkyl or cyclic N) is 2. The fraction of sp³-hybridized carbons (Fsp3) is 0.800. The lowest BCUT2D eigenvalue weighted by molar-refractivity contribution is 0.0572. The third-order valence-corrected chi connectivity index (χ3v) is 1.53. The molecule has 1 aliphatic rings. The zero-order valence-corrected chi connectivity index (χ0v) is 5.27. The first kappa shape index (κ1) is 7.30. The molecule has 0 saturated carbocycles. The van der Waals surface area contributed by atoms with E-state index >= 15 is 0 Å². The first-order valence-electron chi connectivity index (χ1n) is 2.95. The van der Waals surface area contributed by atoms with Crippen LogP contribution in [0.2, 0.25) is 0 Å². The summed E-state index contributed by atoms with van der Waals surface area (Å²) in [6, 6.07) is 0. The number of amides is 1. The Labute approximate surface area is 57.5 Å². The van der Waals surface area contributed by atoms with Crippen LogP contribution in [0.3, 0.4) is 0 Å². The molecule has 1 heterocycles. The summed E-state index contributed by atoms with van der Waals surface area (Å²) in [6.07, 6.45) is -2.94. The molecule has 0 unspecified atom stereocenters. The minimum absolute atomic E-state index is 0.0104. The number of aliphatic hydroxyl groups excluding tert-OH is 2. The van der Waals surface area contributed by atoms with E-state index in [4.69, 9.17) is 15.3 Å². The van der Waals surface area contributed by atoms with Crippen LogP contribution in [0.25, 0.3) is 0 Å². The summed E-state index contributed by atoms with van der Waals surface area (Å²) in [5, 5.41) is 26.1. The maximum Gasteiger partial charge on any atom is 0.407 e. The summed E-state index contributed by atoms with van der Waals surface area (Å²) in [6.45, 7) is 0.0208. The van der Waals surface area contributed by atoms with Crippen LogP contribution < -0.4 is 0 Å². The molecule has 0 aromatic rings. The number of likely N-dealkylation sites (tertiary alicyclic amines) is 1. The molecule has 0 bridgehead atoms. The smallest absolute Gasteiger partial charge is 0.407 e. The molecule has 0 radical (unpaired) electrons. The quantitative estimate of drug-likeness (QED) is 0.398. The maximum absolute atomic E-state index is 10.2. The van der Waals surface area contributed by atoms with E-state index in [1.807, 2.05) is 0 Å². The van der Waals surface area contributed by atoms with Gasteiger partial charge in [-0.1, -0.05) is 0 Å². The lowest BCUT2D eigenvalue weighted by Crippen LogP contribution is -2.27. The molecular weight excluding hydrogens is 138 g/mol. The SMILES string of the molecule is O=C(O)N1C[C@@H](O)[C@H](O)C1. The minimum Gasteiger partial charge on any atom is -0.465 e. The van der Waals surface area contributed by atoms with Crippen molar-refractivity contribution in [1.29, 1.82) is 0 Å².